The van der Waals surface area contributed by atoms with Crippen molar-refractivity contribution in [2.75, 3.05) is 7.11 Å². The number of methoxy groups -OCH3 is 1. The van der Waals surface area contributed by atoms with Crippen molar-refractivity contribution < 1.29 is 4.74 Å². The molecule has 3 heteroatoms. The van der Waals surface area contributed by atoms with Crippen LogP contribution in [0.25, 0.3) is 66.1 Å². The number of fused-ring (bicyclic) bond motifs is 6. The van der Waals surface area contributed by atoms with Crippen LogP contribution in [0.15, 0.2) is 140 Å². The van der Waals surface area contributed by atoms with Crippen molar-refractivity contribution in [1.29, 1.82) is 0 Å². The van der Waals surface area contributed by atoms with Gasteiger partial charge in [0.1, 0.15) is 0 Å². The second-order valence-electron chi connectivity index (χ2n) is 12.9. The van der Waals surface area contributed by atoms with Crippen molar-refractivity contribution in [3.8, 4) is 22.5 Å². The Morgan fingerprint density at radius 2 is 0.913 bits per heavy atom. The molecule has 0 amide bonds. The molecule has 0 aliphatic rings. The van der Waals surface area contributed by atoms with Crippen molar-refractivity contribution in [3.63, 3.8) is 0 Å². The maximum absolute atomic E-state index is 5.83. The van der Waals surface area contributed by atoms with Crippen LogP contribution in [0.4, 0.5) is 0 Å². The van der Waals surface area contributed by atoms with Gasteiger partial charge in [0, 0.05) is 40.0 Å². The minimum Gasteiger partial charge on any atom is -0.381 e. The third-order valence-electron chi connectivity index (χ3n) is 9.40. The Labute approximate surface area is 270 Å². The van der Waals surface area contributed by atoms with Gasteiger partial charge in [-0.15, -0.1) is 0 Å². The first-order chi connectivity index (χ1) is 22.6. The number of hydrogen-bond donors (Lipinski definition) is 0. The molecule has 0 fully saturated rings. The molecule has 2 aromatic heterocycles. The second-order valence-corrected chi connectivity index (χ2v) is 12.9. The van der Waals surface area contributed by atoms with Crippen LogP contribution in [-0.4, -0.2) is 22.3 Å². The van der Waals surface area contributed by atoms with E-state index in [2.05, 4.69) is 163 Å². The fraction of sp³-hybridized carbons (Fsp3) is 0.163. The molecule has 0 spiro atoms. The molecule has 1 atom stereocenters. The molecule has 0 saturated carbocycles. The third kappa shape index (κ3) is 4.88. The minimum atomic E-state index is 0.228. The number of benzene rings is 6. The molecule has 0 aliphatic carbocycles. The average molecular weight is 599 g/mol. The van der Waals surface area contributed by atoms with Gasteiger partial charge in [-0.2, -0.15) is 0 Å². The van der Waals surface area contributed by atoms with E-state index < -0.39 is 0 Å². The summed E-state index contributed by atoms with van der Waals surface area (Å²) in [4.78, 5) is 0. The van der Waals surface area contributed by atoms with Gasteiger partial charge >= 0.3 is 0 Å². The van der Waals surface area contributed by atoms with Crippen LogP contribution < -0.4 is 0 Å². The summed E-state index contributed by atoms with van der Waals surface area (Å²) in [5.41, 5.74) is 10.8. The zero-order valence-electron chi connectivity index (χ0n) is 26.7. The highest BCUT2D eigenvalue weighted by atomic mass is 16.5. The molecule has 2 heterocycles. The topological polar surface area (TPSA) is 19.1 Å². The van der Waals surface area contributed by atoms with Crippen molar-refractivity contribution in [1.82, 2.24) is 9.13 Å². The number of para-hydroxylation sites is 4. The lowest BCUT2D eigenvalue weighted by Gasteiger charge is -2.18. The van der Waals surface area contributed by atoms with Gasteiger partial charge < -0.3 is 13.9 Å². The van der Waals surface area contributed by atoms with Crippen molar-refractivity contribution >= 4 is 43.6 Å². The molecule has 0 N–H and O–H groups in total. The van der Waals surface area contributed by atoms with Crippen LogP contribution in [0.5, 0.6) is 0 Å². The third-order valence-corrected chi connectivity index (χ3v) is 9.40. The molecular weight excluding hydrogens is 560 g/mol. The second kappa shape index (κ2) is 11.7. The normalized spacial score (nSPS) is 12.6. The van der Waals surface area contributed by atoms with Gasteiger partial charge in [-0.05, 0) is 77.9 Å². The maximum atomic E-state index is 5.83. The van der Waals surface area contributed by atoms with Gasteiger partial charge in [0.15, 0.2) is 0 Å². The molecule has 1 unspecified atom stereocenters. The number of nitrogens with zero attached hydrogens (tertiary/aromatic N) is 2. The van der Waals surface area contributed by atoms with E-state index in [0.29, 0.717) is 5.92 Å². The number of rotatable bonds is 8. The van der Waals surface area contributed by atoms with Crippen LogP contribution in [0.3, 0.4) is 0 Å². The van der Waals surface area contributed by atoms with Crippen LogP contribution in [0, 0.1) is 5.92 Å². The first kappa shape index (κ1) is 28.4. The van der Waals surface area contributed by atoms with Crippen LogP contribution in [0.2, 0.25) is 0 Å². The van der Waals surface area contributed by atoms with E-state index in [1.165, 1.54) is 60.3 Å². The van der Waals surface area contributed by atoms with Crippen molar-refractivity contribution in [3.05, 3.63) is 145 Å². The summed E-state index contributed by atoms with van der Waals surface area (Å²) < 4.78 is 10.7. The van der Waals surface area contributed by atoms with Crippen LogP contribution >= 0.6 is 0 Å². The Bertz CT molecular complexity index is 2100. The predicted molar refractivity (Wildman–Crippen MR) is 195 cm³/mol. The highest BCUT2D eigenvalue weighted by Gasteiger charge is 2.17. The van der Waals surface area contributed by atoms with E-state index in [0.717, 1.165) is 24.2 Å². The Morgan fingerprint density at radius 1 is 0.500 bits per heavy atom. The average Bonchev–Trinajstić information content (AvgIpc) is 3.61. The molecule has 0 aliphatic heterocycles. The highest BCUT2D eigenvalue weighted by molar-refractivity contribution is 6.10. The summed E-state index contributed by atoms with van der Waals surface area (Å²) in [7, 11) is 1.83. The van der Waals surface area contributed by atoms with Gasteiger partial charge in [0.2, 0.25) is 0 Å². The van der Waals surface area contributed by atoms with Crippen LogP contribution in [0.1, 0.15) is 25.8 Å². The SMILES string of the molecule is COC(Cc1ccc(-c2cc(-n3c4ccccc4c4ccccc43)cc(-n3c4ccccc4c4ccccc43)c2)cc1)CC(C)C. The molecule has 8 aromatic rings. The molecule has 8 rings (SSSR count). The molecule has 3 nitrogen and oxygen atoms in total. The minimum absolute atomic E-state index is 0.228. The van der Waals surface area contributed by atoms with Crippen molar-refractivity contribution in [2.24, 2.45) is 5.92 Å². The number of ether oxygens (including phenoxy) is 1. The van der Waals surface area contributed by atoms with E-state index in [-0.39, 0.29) is 6.10 Å². The fourth-order valence-corrected chi connectivity index (χ4v) is 7.31. The summed E-state index contributed by atoms with van der Waals surface area (Å²) in [6.07, 6.45) is 2.20. The smallest absolute Gasteiger partial charge is 0.0614 e. The molecule has 0 saturated heterocycles. The Hall–Kier alpha value is -5.12. The molecule has 46 heavy (non-hydrogen) atoms. The van der Waals surface area contributed by atoms with Gasteiger partial charge in [0.25, 0.3) is 0 Å². The highest BCUT2D eigenvalue weighted by Crippen LogP contribution is 2.37. The lowest BCUT2D eigenvalue weighted by molar-refractivity contribution is 0.0848. The van der Waals surface area contributed by atoms with E-state index in [1.807, 2.05) is 7.11 Å². The van der Waals surface area contributed by atoms with Crippen LogP contribution in [-0.2, 0) is 11.2 Å². The Kier molecular flexibility index (Phi) is 7.19. The summed E-state index contributed by atoms with van der Waals surface area (Å²) >= 11 is 0. The summed E-state index contributed by atoms with van der Waals surface area (Å²) in [5.74, 6) is 0.604. The van der Waals surface area contributed by atoms with E-state index >= 15 is 0 Å². The molecule has 226 valence electrons. The lowest BCUT2D eigenvalue weighted by atomic mass is 9.97. The number of aromatic nitrogens is 2. The zero-order valence-corrected chi connectivity index (χ0v) is 26.7. The van der Waals surface area contributed by atoms with E-state index in [1.54, 1.807) is 0 Å². The molecule has 0 radical (unpaired) electrons. The Balaban J connectivity index is 1.35. The summed E-state index contributed by atoms with van der Waals surface area (Å²) in [6, 6.07) is 51.1. The van der Waals surface area contributed by atoms with E-state index in [4.69, 9.17) is 4.74 Å². The Morgan fingerprint density at radius 3 is 1.30 bits per heavy atom. The van der Waals surface area contributed by atoms with Gasteiger partial charge in [-0.25, -0.2) is 0 Å². The quantitative estimate of drug-likeness (QED) is 0.170. The van der Waals surface area contributed by atoms with Gasteiger partial charge in [-0.1, -0.05) is 111 Å². The molecular formula is C43H38N2O. The molecule has 6 aromatic carbocycles. The number of hydrogen-bond acceptors (Lipinski definition) is 1. The first-order valence-corrected chi connectivity index (χ1v) is 16.3. The lowest BCUT2D eigenvalue weighted by Crippen LogP contribution is -2.16. The maximum Gasteiger partial charge on any atom is 0.0614 e. The summed E-state index contributed by atoms with van der Waals surface area (Å²) in [6.45, 7) is 4.52. The first-order valence-electron chi connectivity index (χ1n) is 16.3. The fourth-order valence-electron chi connectivity index (χ4n) is 7.31. The predicted octanol–water partition coefficient (Wildman–Crippen LogP) is 11.2. The van der Waals surface area contributed by atoms with Gasteiger partial charge in [-0.3, -0.25) is 0 Å². The van der Waals surface area contributed by atoms with E-state index in [9.17, 15) is 0 Å². The zero-order chi connectivity index (χ0) is 31.2. The van der Waals surface area contributed by atoms with Gasteiger partial charge in [0.05, 0.1) is 28.2 Å². The molecule has 0 bridgehead atoms. The summed E-state index contributed by atoms with van der Waals surface area (Å²) in [5, 5.41) is 5.06. The van der Waals surface area contributed by atoms with Crippen molar-refractivity contribution in [2.45, 2.75) is 32.8 Å². The largest absolute Gasteiger partial charge is 0.381 e. The monoisotopic (exact) mass is 598 g/mol. The standard InChI is InChI=1S/C43H38N2O/c1-29(2)24-35(46-3)25-30-20-22-31(23-21-30)32-26-33(44-40-16-8-4-12-36(40)37-13-5-9-17-41(37)44)28-34(27-32)45-42-18-10-6-14-38(42)39-15-7-11-19-43(39)45/h4-23,26-29,35H,24-25H2,1-3H3.